The first-order valence-electron chi connectivity index (χ1n) is 11.1. The minimum Gasteiger partial charge on any atom is -0.482 e. The van der Waals surface area contributed by atoms with Crippen LogP contribution in [0.25, 0.3) is 33.8 Å². The van der Waals surface area contributed by atoms with E-state index in [4.69, 9.17) is 30.5 Å². The topological polar surface area (TPSA) is 81.9 Å². The molecule has 0 saturated heterocycles. The van der Waals surface area contributed by atoms with Crippen LogP contribution in [0.15, 0.2) is 77.4 Å². The van der Waals surface area contributed by atoms with Gasteiger partial charge in [0.05, 0.1) is 29.9 Å². The zero-order valence-electron chi connectivity index (χ0n) is 18.9. The molecule has 1 amide bonds. The number of pyridine rings is 1. The van der Waals surface area contributed by atoms with Gasteiger partial charge in [-0.1, -0.05) is 23.7 Å². The van der Waals surface area contributed by atoms with Gasteiger partial charge in [-0.2, -0.15) is 0 Å². The molecule has 8 heteroatoms. The standard InChI is InChI=1S/C27H21ClN2O5/c1-2-33-27(32)15-30-23-14-18(7-10-25(23)35-16-26(30)31)22-13-19(24-4-3-11-34-24)12-21(29-22)17-5-8-20(28)9-6-17/h3-14H,2,15-16H2,1H3. The van der Waals surface area contributed by atoms with Crippen molar-refractivity contribution >= 4 is 29.2 Å². The number of hydrogen-bond acceptors (Lipinski definition) is 6. The Morgan fingerprint density at radius 2 is 1.77 bits per heavy atom. The van der Waals surface area contributed by atoms with Crippen molar-refractivity contribution in [3.05, 3.63) is 78.0 Å². The van der Waals surface area contributed by atoms with Gasteiger partial charge in [0.2, 0.25) is 0 Å². The van der Waals surface area contributed by atoms with Gasteiger partial charge in [-0.25, -0.2) is 4.98 Å². The number of ether oxygens (including phenoxy) is 2. The summed E-state index contributed by atoms with van der Waals surface area (Å²) in [4.78, 5) is 31.0. The van der Waals surface area contributed by atoms with Crippen molar-refractivity contribution in [2.75, 3.05) is 24.7 Å². The number of halogens is 1. The van der Waals surface area contributed by atoms with Crippen molar-refractivity contribution < 1.29 is 23.5 Å². The number of aromatic nitrogens is 1. The fraction of sp³-hybridized carbons (Fsp3) is 0.148. The molecule has 0 fully saturated rings. The third-order valence-corrected chi connectivity index (χ3v) is 5.81. The number of fused-ring (bicyclic) bond motifs is 1. The molecular formula is C27H21ClN2O5. The summed E-state index contributed by atoms with van der Waals surface area (Å²) in [5, 5.41) is 0.636. The number of carbonyl (C=O) groups excluding carboxylic acids is 2. The molecule has 2 aromatic heterocycles. The summed E-state index contributed by atoms with van der Waals surface area (Å²) in [6.07, 6.45) is 1.62. The summed E-state index contributed by atoms with van der Waals surface area (Å²) in [5.41, 5.74) is 4.38. The molecular weight excluding hydrogens is 468 g/mol. The average Bonchev–Trinajstić information content (AvgIpc) is 3.41. The van der Waals surface area contributed by atoms with Crippen molar-refractivity contribution in [3.63, 3.8) is 0 Å². The van der Waals surface area contributed by atoms with E-state index < -0.39 is 5.97 Å². The number of carbonyl (C=O) groups is 2. The second-order valence-corrected chi connectivity index (χ2v) is 8.30. The maximum absolute atomic E-state index is 12.6. The summed E-state index contributed by atoms with van der Waals surface area (Å²) >= 11 is 6.08. The zero-order valence-corrected chi connectivity index (χ0v) is 19.6. The fourth-order valence-corrected chi connectivity index (χ4v) is 4.03. The third-order valence-electron chi connectivity index (χ3n) is 5.56. The number of rotatable bonds is 6. The van der Waals surface area contributed by atoms with Gasteiger partial charge in [0.1, 0.15) is 18.1 Å². The quantitative estimate of drug-likeness (QED) is 0.328. The van der Waals surface area contributed by atoms with Gasteiger partial charge in [0.15, 0.2) is 6.61 Å². The Balaban J connectivity index is 1.60. The Morgan fingerprint density at radius 1 is 1.03 bits per heavy atom. The number of furan rings is 1. The molecule has 0 saturated carbocycles. The Kier molecular flexibility index (Phi) is 6.25. The van der Waals surface area contributed by atoms with Gasteiger partial charge >= 0.3 is 5.97 Å². The van der Waals surface area contributed by atoms with Crippen LogP contribution in [0.5, 0.6) is 5.75 Å². The molecule has 2 aromatic carbocycles. The SMILES string of the molecule is CCOC(=O)CN1C(=O)COc2ccc(-c3cc(-c4ccco4)cc(-c4ccc(Cl)cc4)n3)cc21. The number of amides is 1. The number of nitrogens with zero attached hydrogens (tertiary/aromatic N) is 2. The highest BCUT2D eigenvalue weighted by Gasteiger charge is 2.28. The maximum Gasteiger partial charge on any atom is 0.326 e. The normalized spacial score (nSPS) is 12.7. The van der Waals surface area contributed by atoms with Crippen LogP contribution in [0.2, 0.25) is 5.02 Å². The van der Waals surface area contributed by atoms with Gasteiger partial charge in [-0.15, -0.1) is 0 Å². The molecule has 0 unspecified atom stereocenters. The summed E-state index contributed by atoms with van der Waals surface area (Å²) in [6.45, 7) is 1.63. The van der Waals surface area contributed by atoms with Crippen LogP contribution in [-0.2, 0) is 14.3 Å². The largest absolute Gasteiger partial charge is 0.482 e. The smallest absolute Gasteiger partial charge is 0.326 e. The van der Waals surface area contributed by atoms with E-state index in [0.29, 0.717) is 27.9 Å². The van der Waals surface area contributed by atoms with Crippen molar-refractivity contribution in [1.29, 1.82) is 0 Å². The van der Waals surface area contributed by atoms with E-state index in [9.17, 15) is 9.59 Å². The van der Waals surface area contributed by atoms with E-state index in [2.05, 4.69) is 0 Å². The van der Waals surface area contributed by atoms with Crippen LogP contribution in [0, 0.1) is 0 Å². The maximum atomic E-state index is 12.6. The molecule has 0 spiro atoms. The minimum atomic E-state index is -0.484. The molecule has 0 radical (unpaired) electrons. The van der Waals surface area contributed by atoms with E-state index in [1.54, 1.807) is 25.3 Å². The molecule has 0 aliphatic carbocycles. The van der Waals surface area contributed by atoms with Crippen molar-refractivity contribution in [2.45, 2.75) is 6.92 Å². The first kappa shape index (κ1) is 22.7. The van der Waals surface area contributed by atoms with Gasteiger partial charge in [-0.3, -0.25) is 14.5 Å². The molecule has 0 bridgehead atoms. The number of esters is 1. The Labute approximate surface area is 206 Å². The van der Waals surface area contributed by atoms with E-state index in [-0.39, 0.29) is 25.7 Å². The van der Waals surface area contributed by atoms with Crippen molar-refractivity contribution in [3.8, 4) is 39.6 Å². The highest BCUT2D eigenvalue weighted by Crippen LogP contribution is 2.37. The van der Waals surface area contributed by atoms with Gasteiger partial charge in [0, 0.05) is 21.7 Å². The van der Waals surface area contributed by atoms with Crippen LogP contribution in [0.4, 0.5) is 5.69 Å². The molecule has 0 atom stereocenters. The van der Waals surface area contributed by atoms with Crippen LogP contribution in [0.1, 0.15) is 6.92 Å². The van der Waals surface area contributed by atoms with Crippen molar-refractivity contribution in [1.82, 2.24) is 4.98 Å². The lowest BCUT2D eigenvalue weighted by Gasteiger charge is -2.29. The third kappa shape index (κ3) is 4.76. The fourth-order valence-electron chi connectivity index (χ4n) is 3.90. The summed E-state index contributed by atoms with van der Waals surface area (Å²) in [6, 6.07) is 20.4. The van der Waals surface area contributed by atoms with E-state index in [1.807, 2.05) is 54.6 Å². The Bertz CT molecular complexity index is 1380. The zero-order chi connectivity index (χ0) is 24.4. The first-order chi connectivity index (χ1) is 17.0. The monoisotopic (exact) mass is 488 g/mol. The number of hydrogen-bond donors (Lipinski definition) is 0. The van der Waals surface area contributed by atoms with Gasteiger partial charge in [-0.05, 0) is 61.5 Å². The second kappa shape index (κ2) is 9.64. The minimum absolute atomic E-state index is 0.140. The lowest BCUT2D eigenvalue weighted by Crippen LogP contribution is -2.42. The van der Waals surface area contributed by atoms with Crippen LogP contribution in [-0.4, -0.2) is 36.6 Å². The predicted octanol–water partition coefficient (Wildman–Crippen LogP) is 5.62. The molecule has 3 heterocycles. The van der Waals surface area contributed by atoms with E-state index >= 15 is 0 Å². The number of anilines is 1. The first-order valence-corrected chi connectivity index (χ1v) is 11.4. The highest BCUT2D eigenvalue weighted by atomic mass is 35.5. The van der Waals surface area contributed by atoms with Crippen LogP contribution >= 0.6 is 11.6 Å². The molecule has 0 N–H and O–H groups in total. The Morgan fingerprint density at radius 3 is 2.49 bits per heavy atom. The number of benzene rings is 2. The predicted molar refractivity (Wildman–Crippen MR) is 132 cm³/mol. The lowest BCUT2D eigenvalue weighted by atomic mass is 10.0. The van der Waals surface area contributed by atoms with Gasteiger partial charge in [0.25, 0.3) is 5.91 Å². The molecule has 1 aliphatic rings. The van der Waals surface area contributed by atoms with Crippen LogP contribution in [0.3, 0.4) is 0 Å². The molecule has 35 heavy (non-hydrogen) atoms. The van der Waals surface area contributed by atoms with E-state index in [0.717, 1.165) is 22.4 Å². The lowest BCUT2D eigenvalue weighted by molar-refractivity contribution is -0.142. The summed E-state index contributed by atoms with van der Waals surface area (Å²) in [7, 11) is 0. The summed E-state index contributed by atoms with van der Waals surface area (Å²) < 4.78 is 16.3. The Hall–Kier alpha value is -4.10. The molecule has 176 valence electrons. The molecule has 1 aliphatic heterocycles. The van der Waals surface area contributed by atoms with Crippen LogP contribution < -0.4 is 9.64 Å². The molecule has 4 aromatic rings. The van der Waals surface area contributed by atoms with E-state index in [1.165, 1.54) is 4.90 Å². The molecule has 5 rings (SSSR count). The van der Waals surface area contributed by atoms with Gasteiger partial charge < -0.3 is 13.9 Å². The summed E-state index contributed by atoms with van der Waals surface area (Å²) in [5.74, 6) is 0.408. The average molecular weight is 489 g/mol. The molecule has 7 nitrogen and oxygen atoms in total. The highest BCUT2D eigenvalue weighted by molar-refractivity contribution is 6.30. The van der Waals surface area contributed by atoms with Crippen molar-refractivity contribution in [2.24, 2.45) is 0 Å². The second-order valence-electron chi connectivity index (χ2n) is 7.87.